The molecule has 0 radical (unpaired) electrons. The fraction of sp³-hybridized carbons (Fsp3) is 0.143. The Kier molecular flexibility index (Phi) is 4.42. The number of rotatable bonds is 2. The van der Waals surface area contributed by atoms with Crippen molar-refractivity contribution in [2.45, 2.75) is 26.2 Å². The minimum absolute atomic E-state index is 0.0458. The van der Waals surface area contributed by atoms with Gasteiger partial charge in [-0.25, -0.2) is 4.98 Å². The van der Waals surface area contributed by atoms with Crippen molar-refractivity contribution >= 4 is 53.7 Å². The molecule has 0 unspecified atom stereocenters. The second-order valence-electron chi connectivity index (χ2n) is 9.19. The van der Waals surface area contributed by atoms with E-state index < -0.39 is 0 Å². The summed E-state index contributed by atoms with van der Waals surface area (Å²) in [6.07, 6.45) is 1.93. The Balaban J connectivity index is 1.56. The molecule has 0 N–H and O–H groups in total. The van der Waals surface area contributed by atoms with Crippen LogP contribution in [0.25, 0.3) is 52.9 Å². The molecule has 0 aliphatic heterocycles. The second kappa shape index (κ2) is 7.22. The topological polar surface area (TPSA) is 25.8 Å². The largest absolute Gasteiger partial charge is 0.255 e. The van der Waals surface area contributed by atoms with Crippen molar-refractivity contribution in [3.63, 3.8) is 0 Å². The molecule has 6 aromatic rings. The summed E-state index contributed by atoms with van der Waals surface area (Å²) in [7, 11) is 0. The van der Waals surface area contributed by atoms with E-state index in [4.69, 9.17) is 9.97 Å². The Morgan fingerprint density at radius 2 is 1.69 bits per heavy atom. The van der Waals surface area contributed by atoms with Crippen molar-refractivity contribution < 1.29 is 0 Å². The molecule has 2 aromatic carbocycles. The molecule has 0 aliphatic carbocycles. The van der Waals surface area contributed by atoms with Gasteiger partial charge in [0.05, 0.1) is 21.0 Å². The molecular formula is C28H22N2S2. The van der Waals surface area contributed by atoms with Gasteiger partial charge in [0.15, 0.2) is 0 Å². The van der Waals surface area contributed by atoms with Crippen molar-refractivity contribution in [1.82, 2.24) is 9.97 Å². The Labute approximate surface area is 195 Å². The van der Waals surface area contributed by atoms with Crippen LogP contribution in [0.15, 0.2) is 78.3 Å². The van der Waals surface area contributed by atoms with Crippen molar-refractivity contribution in [2.75, 3.05) is 0 Å². The maximum Gasteiger partial charge on any atom is 0.123 e. The highest BCUT2D eigenvalue weighted by Gasteiger charge is 2.20. The maximum atomic E-state index is 4.90. The molecule has 2 nitrogen and oxygen atoms in total. The quantitative estimate of drug-likeness (QED) is 0.264. The Hall–Kier alpha value is -3.08. The van der Waals surface area contributed by atoms with E-state index in [0.717, 1.165) is 16.2 Å². The van der Waals surface area contributed by atoms with E-state index in [1.807, 2.05) is 6.20 Å². The molecule has 0 fully saturated rings. The normalized spacial score (nSPS) is 12.2. The third-order valence-corrected chi connectivity index (χ3v) is 7.95. The second-order valence-corrected chi connectivity index (χ2v) is 11.1. The lowest BCUT2D eigenvalue weighted by atomic mass is 9.82. The van der Waals surface area contributed by atoms with Crippen molar-refractivity contribution in [3.05, 3.63) is 83.9 Å². The summed E-state index contributed by atoms with van der Waals surface area (Å²) < 4.78 is 1.21. The average molecular weight is 451 g/mol. The number of thiophene rings is 2. The molecule has 6 rings (SSSR count). The Bertz CT molecular complexity index is 1620. The third kappa shape index (κ3) is 3.22. The molecule has 0 aliphatic rings. The highest BCUT2D eigenvalue weighted by Crippen LogP contribution is 2.40. The van der Waals surface area contributed by atoms with E-state index in [-0.39, 0.29) is 5.41 Å². The highest BCUT2D eigenvalue weighted by molar-refractivity contribution is 7.22. The lowest BCUT2D eigenvalue weighted by molar-refractivity contribution is 0.596. The van der Waals surface area contributed by atoms with Gasteiger partial charge < -0.3 is 0 Å². The zero-order chi connectivity index (χ0) is 21.9. The molecule has 4 heterocycles. The van der Waals surface area contributed by atoms with E-state index >= 15 is 0 Å². The van der Waals surface area contributed by atoms with E-state index in [1.165, 1.54) is 42.2 Å². The maximum absolute atomic E-state index is 4.90. The summed E-state index contributed by atoms with van der Waals surface area (Å²) in [4.78, 5) is 12.0. The van der Waals surface area contributed by atoms with Crippen LogP contribution in [0.3, 0.4) is 0 Å². The number of nitrogens with zero attached hydrogens (tertiary/aromatic N) is 2. The minimum Gasteiger partial charge on any atom is -0.255 e. The standard InChI is InChI=1S/C28H22N2S2/c1-28(2,3)22-15-20(14-18-6-4-5-7-21(18)22)25-26-19(10-12-29-25)16-24(32-26)23-9-8-17-11-13-31-27(17)30-23/h4-16H,1-3H3. The lowest BCUT2D eigenvalue weighted by Gasteiger charge is -2.22. The van der Waals surface area contributed by atoms with Crippen molar-refractivity contribution in [1.29, 1.82) is 0 Å². The van der Waals surface area contributed by atoms with Crippen LogP contribution in [0.2, 0.25) is 0 Å². The summed E-state index contributed by atoms with van der Waals surface area (Å²) in [6.45, 7) is 6.84. The van der Waals surface area contributed by atoms with Gasteiger partial charge in [-0.3, -0.25) is 4.98 Å². The molecular weight excluding hydrogens is 428 g/mol. The zero-order valence-corrected chi connectivity index (χ0v) is 19.8. The van der Waals surface area contributed by atoms with Crippen LogP contribution in [0.1, 0.15) is 26.3 Å². The van der Waals surface area contributed by atoms with Crippen molar-refractivity contribution in [2.24, 2.45) is 0 Å². The SMILES string of the molecule is CC(C)(C)c1cc(-c2nccc3cc(-c4ccc5ccsc5n4)sc23)cc2ccccc12. The van der Waals surface area contributed by atoms with Gasteiger partial charge in [0.25, 0.3) is 0 Å². The monoisotopic (exact) mass is 450 g/mol. The van der Waals surface area contributed by atoms with E-state index in [9.17, 15) is 0 Å². The molecule has 0 saturated carbocycles. The van der Waals surface area contributed by atoms with E-state index in [0.29, 0.717) is 0 Å². The first-order valence-electron chi connectivity index (χ1n) is 10.7. The first-order chi connectivity index (χ1) is 15.5. The minimum atomic E-state index is 0.0458. The molecule has 4 aromatic heterocycles. The highest BCUT2D eigenvalue weighted by atomic mass is 32.1. The van der Waals surface area contributed by atoms with Gasteiger partial charge in [0, 0.05) is 17.1 Å². The first kappa shape index (κ1) is 19.6. The van der Waals surface area contributed by atoms with Crippen LogP contribution in [-0.2, 0) is 5.41 Å². The van der Waals surface area contributed by atoms with Gasteiger partial charge in [0.2, 0.25) is 0 Å². The van der Waals surface area contributed by atoms with Crippen LogP contribution in [0.4, 0.5) is 0 Å². The molecule has 0 amide bonds. The summed E-state index contributed by atoms with van der Waals surface area (Å²) >= 11 is 3.47. The van der Waals surface area contributed by atoms with Crippen LogP contribution >= 0.6 is 22.7 Å². The number of pyridine rings is 2. The predicted octanol–water partition coefficient (Wildman–Crippen LogP) is 8.69. The van der Waals surface area contributed by atoms with Crippen LogP contribution in [-0.4, -0.2) is 9.97 Å². The smallest absolute Gasteiger partial charge is 0.123 e. The van der Waals surface area contributed by atoms with Crippen molar-refractivity contribution in [3.8, 4) is 21.8 Å². The summed E-state index contributed by atoms with van der Waals surface area (Å²) in [6, 6.07) is 24.0. The van der Waals surface area contributed by atoms with Gasteiger partial charge in [0.1, 0.15) is 4.83 Å². The summed E-state index contributed by atoms with van der Waals surface area (Å²) in [5.41, 5.74) is 4.65. The molecule has 156 valence electrons. The Morgan fingerprint density at radius 1 is 0.812 bits per heavy atom. The molecule has 0 bridgehead atoms. The number of fused-ring (bicyclic) bond motifs is 3. The number of hydrogen-bond acceptors (Lipinski definition) is 4. The zero-order valence-electron chi connectivity index (χ0n) is 18.2. The fourth-order valence-corrected chi connectivity index (χ4v) is 6.25. The van der Waals surface area contributed by atoms with Crippen LogP contribution < -0.4 is 0 Å². The number of hydrogen-bond donors (Lipinski definition) is 0. The number of aromatic nitrogens is 2. The lowest BCUT2D eigenvalue weighted by Crippen LogP contribution is -2.12. The molecule has 4 heteroatoms. The van der Waals surface area contributed by atoms with Crippen LogP contribution in [0.5, 0.6) is 0 Å². The average Bonchev–Trinajstić information content (AvgIpc) is 3.43. The molecule has 32 heavy (non-hydrogen) atoms. The third-order valence-electron chi connectivity index (χ3n) is 5.95. The fourth-order valence-electron chi connectivity index (χ4n) is 4.35. The molecule has 0 spiro atoms. The molecule has 0 atom stereocenters. The van der Waals surface area contributed by atoms with Gasteiger partial charge in [-0.2, -0.15) is 0 Å². The van der Waals surface area contributed by atoms with Gasteiger partial charge in [-0.05, 0) is 75.0 Å². The summed E-state index contributed by atoms with van der Waals surface area (Å²) in [5.74, 6) is 0. The van der Waals surface area contributed by atoms with E-state index in [2.05, 4.69) is 92.9 Å². The molecule has 0 saturated heterocycles. The van der Waals surface area contributed by atoms with Gasteiger partial charge >= 0.3 is 0 Å². The summed E-state index contributed by atoms with van der Waals surface area (Å²) in [5, 5.41) is 7.09. The predicted molar refractivity (Wildman–Crippen MR) is 140 cm³/mol. The first-order valence-corrected chi connectivity index (χ1v) is 12.4. The van der Waals surface area contributed by atoms with E-state index in [1.54, 1.807) is 22.7 Å². The Morgan fingerprint density at radius 3 is 2.56 bits per heavy atom. The van der Waals surface area contributed by atoms with Gasteiger partial charge in [-0.15, -0.1) is 22.7 Å². The van der Waals surface area contributed by atoms with Crippen LogP contribution in [0, 0.1) is 0 Å². The van der Waals surface area contributed by atoms with Gasteiger partial charge in [-0.1, -0.05) is 45.0 Å². The number of benzene rings is 2.